The van der Waals surface area contributed by atoms with E-state index in [9.17, 15) is 4.79 Å². The van der Waals surface area contributed by atoms with Gasteiger partial charge in [0.25, 0.3) is 0 Å². The Morgan fingerprint density at radius 1 is 1.14 bits per heavy atom. The van der Waals surface area contributed by atoms with E-state index < -0.39 is 0 Å². The molecular formula is C17H27BO3S. The van der Waals surface area contributed by atoms with Gasteiger partial charge in [-0.2, -0.15) is 0 Å². The first kappa shape index (κ1) is 17.7. The minimum atomic E-state index is -0.357. The summed E-state index contributed by atoms with van der Waals surface area (Å²) in [6.07, 6.45) is 6.78. The SMILES string of the molecule is CCCCCCc1cc(C=O)sc1B1OC(C)(C)C(C)(C)O1. The third kappa shape index (κ3) is 3.63. The molecule has 5 heteroatoms. The molecule has 1 fully saturated rings. The van der Waals surface area contributed by atoms with Crippen molar-refractivity contribution < 1.29 is 14.1 Å². The highest BCUT2D eigenvalue weighted by molar-refractivity contribution is 7.23. The van der Waals surface area contributed by atoms with Gasteiger partial charge in [-0.05, 0) is 52.2 Å². The van der Waals surface area contributed by atoms with E-state index in [1.54, 1.807) is 0 Å². The number of hydrogen-bond acceptors (Lipinski definition) is 4. The third-order valence-corrected chi connectivity index (χ3v) is 5.87. The van der Waals surface area contributed by atoms with Crippen molar-refractivity contribution >= 4 is 29.5 Å². The Labute approximate surface area is 138 Å². The first-order valence-corrected chi connectivity index (χ1v) is 9.06. The number of thiophene rings is 1. The lowest BCUT2D eigenvalue weighted by Crippen LogP contribution is -2.41. The van der Waals surface area contributed by atoms with Gasteiger partial charge in [0.1, 0.15) is 0 Å². The summed E-state index contributed by atoms with van der Waals surface area (Å²) in [5.41, 5.74) is 0.520. The van der Waals surface area contributed by atoms with Gasteiger partial charge in [-0.25, -0.2) is 0 Å². The zero-order valence-corrected chi connectivity index (χ0v) is 15.2. The number of carbonyl (C=O) groups is 1. The summed E-state index contributed by atoms with van der Waals surface area (Å²) >= 11 is 1.50. The molecule has 1 aliphatic heterocycles. The molecule has 0 aliphatic carbocycles. The quantitative estimate of drug-likeness (QED) is 0.433. The van der Waals surface area contributed by atoms with E-state index in [1.165, 1.54) is 36.2 Å². The van der Waals surface area contributed by atoms with E-state index in [4.69, 9.17) is 9.31 Å². The summed E-state index contributed by atoms with van der Waals surface area (Å²) in [6.45, 7) is 10.4. The minimum Gasteiger partial charge on any atom is -0.399 e. The Hall–Kier alpha value is -0.645. The fraction of sp³-hybridized carbons (Fsp3) is 0.706. The average molecular weight is 322 g/mol. The topological polar surface area (TPSA) is 35.5 Å². The predicted molar refractivity (Wildman–Crippen MR) is 93.3 cm³/mol. The number of aryl methyl sites for hydroxylation is 1. The first-order chi connectivity index (χ1) is 10.3. The number of carbonyl (C=O) groups excluding carboxylic acids is 1. The van der Waals surface area contributed by atoms with Crippen LogP contribution in [-0.2, 0) is 15.7 Å². The van der Waals surface area contributed by atoms with Crippen molar-refractivity contribution in [1.82, 2.24) is 0 Å². The van der Waals surface area contributed by atoms with Gasteiger partial charge in [-0.15, -0.1) is 11.3 Å². The highest BCUT2D eigenvalue weighted by Crippen LogP contribution is 2.37. The molecule has 0 N–H and O–H groups in total. The van der Waals surface area contributed by atoms with Gasteiger partial charge in [0.05, 0.1) is 16.1 Å². The summed E-state index contributed by atoms with van der Waals surface area (Å²) in [7, 11) is -0.357. The van der Waals surface area contributed by atoms with Crippen molar-refractivity contribution in [3.05, 3.63) is 16.5 Å². The molecule has 0 amide bonds. The normalized spacial score (nSPS) is 19.6. The molecule has 0 saturated carbocycles. The first-order valence-electron chi connectivity index (χ1n) is 8.24. The van der Waals surface area contributed by atoms with Crippen LogP contribution in [0.4, 0.5) is 0 Å². The molecular weight excluding hydrogens is 295 g/mol. The standard InChI is InChI=1S/C17H27BO3S/c1-6-7-8-9-10-13-11-14(12-19)22-15(13)18-20-16(2,3)17(4,5)21-18/h11-12H,6-10H2,1-5H3. The van der Waals surface area contributed by atoms with Gasteiger partial charge in [-0.3, -0.25) is 4.79 Å². The maximum absolute atomic E-state index is 11.1. The van der Waals surface area contributed by atoms with Gasteiger partial charge in [0.2, 0.25) is 0 Å². The summed E-state index contributed by atoms with van der Waals surface area (Å²) in [6, 6.07) is 2.00. The van der Waals surface area contributed by atoms with Gasteiger partial charge in [-0.1, -0.05) is 26.2 Å². The summed E-state index contributed by atoms with van der Waals surface area (Å²) in [5.74, 6) is 0. The molecule has 1 aromatic rings. The van der Waals surface area contributed by atoms with E-state index in [0.717, 1.165) is 28.8 Å². The van der Waals surface area contributed by atoms with Crippen molar-refractivity contribution in [2.45, 2.75) is 77.9 Å². The van der Waals surface area contributed by atoms with E-state index in [2.05, 4.69) is 34.6 Å². The number of unbranched alkanes of at least 4 members (excludes halogenated alkanes) is 3. The van der Waals surface area contributed by atoms with Crippen LogP contribution in [0.15, 0.2) is 6.07 Å². The lowest BCUT2D eigenvalue weighted by molar-refractivity contribution is 0.00578. The third-order valence-electron chi connectivity index (χ3n) is 4.74. The second-order valence-electron chi connectivity index (χ2n) is 7.06. The van der Waals surface area contributed by atoms with Crippen LogP contribution in [-0.4, -0.2) is 24.6 Å². The number of aldehydes is 1. The van der Waals surface area contributed by atoms with Crippen molar-refractivity contribution in [1.29, 1.82) is 0 Å². The second kappa shape index (κ2) is 6.85. The molecule has 22 heavy (non-hydrogen) atoms. The van der Waals surface area contributed by atoms with Crippen LogP contribution < -0.4 is 4.78 Å². The van der Waals surface area contributed by atoms with Crippen molar-refractivity contribution in [2.24, 2.45) is 0 Å². The maximum atomic E-state index is 11.1. The lowest BCUT2D eigenvalue weighted by atomic mass is 9.83. The van der Waals surface area contributed by atoms with Gasteiger partial charge < -0.3 is 9.31 Å². The molecule has 122 valence electrons. The van der Waals surface area contributed by atoms with E-state index in [-0.39, 0.29) is 18.3 Å². The molecule has 3 nitrogen and oxygen atoms in total. The highest BCUT2D eigenvalue weighted by Gasteiger charge is 2.52. The Morgan fingerprint density at radius 3 is 2.32 bits per heavy atom. The number of hydrogen-bond donors (Lipinski definition) is 0. The van der Waals surface area contributed by atoms with Crippen molar-refractivity contribution in [3.63, 3.8) is 0 Å². The molecule has 0 radical (unpaired) electrons. The van der Waals surface area contributed by atoms with Crippen LogP contribution in [0.25, 0.3) is 0 Å². The summed E-state index contributed by atoms with van der Waals surface area (Å²) < 4.78 is 13.4. The minimum absolute atomic E-state index is 0.345. The zero-order chi connectivity index (χ0) is 16.4. The predicted octanol–water partition coefficient (Wildman–Crippen LogP) is 3.98. The van der Waals surface area contributed by atoms with Gasteiger partial charge >= 0.3 is 7.12 Å². The average Bonchev–Trinajstić information content (AvgIpc) is 2.94. The highest BCUT2D eigenvalue weighted by atomic mass is 32.1. The Bertz CT molecular complexity index is 506. The van der Waals surface area contributed by atoms with E-state index in [0.29, 0.717) is 0 Å². The zero-order valence-electron chi connectivity index (χ0n) is 14.4. The van der Waals surface area contributed by atoms with Crippen LogP contribution >= 0.6 is 11.3 Å². The Morgan fingerprint density at radius 2 is 1.77 bits per heavy atom. The van der Waals surface area contributed by atoms with Crippen LogP contribution in [0.2, 0.25) is 0 Å². The second-order valence-corrected chi connectivity index (χ2v) is 8.17. The Kier molecular flexibility index (Phi) is 5.52. The molecule has 1 aromatic heterocycles. The van der Waals surface area contributed by atoms with Crippen molar-refractivity contribution in [3.8, 4) is 0 Å². The smallest absolute Gasteiger partial charge is 0.399 e. The molecule has 0 aromatic carbocycles. The summed E-state index contributed by atoms with van der Waals surface area (Å²) in [5, 5.41) is 0. The van der Waals surface area contributed by atoms with Gasteiger partial charge in [0, 0.05) is 4.78 Å². The fourth-order valence-electron chi connectivity index (χ4n) is 2.61. The van der Waals surface area contributed by atoms with Crippen LogP contribution in [0.3, 0.4) is 0 Å². The van der Waals surface area contributed by atoms with Gasteiger partial charge in [0.15, 0.2) is 6.29 Å². The van der Waals surface area contributed by atoms with Crippen LogP contribution in [0.5, 0.6) is 0 Å². The maximum Gasteiger partial charge on any atom is 0.505 e. The van der Waals surface area contributed by atoms with Crippen LogP contribution in [0.1, 0.15) is 75.5 Å². The molecule has 2 rings (SSSR count). The summed E-state index contributed by atoms with van der Waals surface area (Å²) in [4.78, 5) is 11.9. The lowest BCUT2D eigenvalue weighted by Gasteiger charge is -2.32. The fourth-order valence-corrected chi connectivity index (χ4v) is 3.60. The molecule has 0 atom stereocenters. The molecule has 0 bridgehead atoms. The molecule has 0 spiro atoms. The molecule has 1 saturated heterocycles. The van der Waals surface area contributed by atoms with E-state index >= 15 is 0 Å². The Balaban J connectivity index is 2.16. The molecule has 1 aliphatic rings. The van der Waals surface area contributed by atoms with E-state index in [1.807, 2.05) is 6.07 Å². The van der Waals surface area contributed by atoms with Crippen molar-refractivity contribution in [2.75, 3.05) is 0 Å². The molecule has 2 heterocycles. The largest absolute Gasteiger partial charge is 0.505 e. The van der Waals surface area contributed by atoms with Crippen LogP contribution in [0, 0.1) is 0 Å². The molecule has 0 unspecified atom stereocenters. The number of rotatable bonds is 7. The monoisotopic (exact) mass is 322 g/mol.